The molecule has 1 unspecified atom stereocenters. The largest absolute Gasteiger partial charge is 0.368 e. The van der Waals surface area contributed by atoms with Crippen LogP contribution in [0.1, 0.15) is 64.8 Å². The molecule has 338 valence electrons. The van der Waals surface area contributed by atoms with Gasteiger partial charge in [0.25, 0.3) is 24.3 Å². The molecule has 13 nitrogen and oxygen atoms in total. The third-order valence-electron chi connectivity index (χ3n) is 11.5. The molecule has 23 heteroatoms. The number of primary amides is 1. The minimum Gasteiger partial charge on any atom is -0.368 e. The van der Waals surface area contributed by atoms with Crippen LogP contribution < -0.4 is 16.0 Å². The summed E-state index contributed by atoms with van der Waals surface area (Å²) in [6.07, 6.45) is -6.74. The minimum atomic E-state index is -4.17. The molecular formula is C42H32ClF8N9O4S. The van der Waals surface area contributed by atoms with Crippen molar-refractivity contribution in [2.24, 2.45) is 11.7 Å². The second-order valence-electron chi connectivity index (χ2n) is 16.0. The first-order valence-electron chi connectivity index (χ1n) is 19.6. The maximum atomic E-state index is 16.3. The predicted octanol–water partition coefficient (Wildman–Crippen LogP) is 8.07. The average Bonchev–Trinajstić information content (AvgIpc) is 3.72. The first kappa shape index (κ1) is 43.8. The van der Waals surface area contributed by atoms with Crippen LogP contribution in [0.4, 0.5) is 40.9 Å². The summed E-state index contributed by atoms with van der Waals surface area (Å²) in [5, 5.41) is 7.23. The molecule has 65 heavy (non-hydrogen) atoms. The number of nitrogens with one attached hydrogen (secondary N) is 1. The molecule has 3 N–H and O–H groups in total. The van der Waals surface area contributed by atoms with Crippen molar-refractivity contribution in [2.45, 2.75) is 63.0 Å². The highest BCUT2D eigenvalue weighted by Crippen LogP contribution is 2.68. The number of aromatic nitrogens is 7. The van der Waals surface area contributed by atoms with Gasteiger partial charge in [-0.25, -0.2) is 44.4 Å². The number of hydrogen-bond acceptors (Lipinski definition) is 8. The second-order valence-corrected chi connectivity index (χ2v) is 18.1. The zero-order chi connectivity index (χ0) is 46.6. The van der Waals surface area contributed by atoms with Crippen molar-refractivity contribution in [3.63, 3.8) is 0 Å². The van der Waals surface area contributed by atoms with Gasteiger partial charge < -0.3 is 5.73 Å². The second kappa shape index (κ2) is 15.6. The number of sulfonamides is 1. The highest BCUT2D eigenvalue weighted by Gasteiger charge is 2.68. The summed E-state index contributed by atoms with van der Waals surface area (Å²) < 4.78 is 150. The van der Waals surface area contributed by atoms with E-state index in [4.69, 9.17) is 22.3 Å². The van der Waals surface area contributed by atoms with E-state index >= 15 is 13.6 Å². The lowest BCUT2D eigenvalue weighted by Crippen LogP contribution is -2.39. The van der Waals surface area contributed by atoms with E-state index in [0.29, 0.717) is 32.4 Å². The zero-order valence-corrected chi connectivity index (χ0v) is 35.2. The Balaban J connectivity index is 1.42. The van der Waals surface area contributed by atoms with Gasteiger partial charge in [0, 0.05) is 28.8 Å². The number of benzene rings is 3. The fraction of sp³-hybridized carbons (Fsp3) is 0.286. The maximum Gasteiger partial charge on any atom is 0.293 e. The Kier molecular flexibility index (Phi) is 10.5. The van der Waals surface area contributed by atoms with Gasteiger partial charge in [-0.2, -0.15) is 19.0 Å². The number of alkyl halides is 6. The molecule has 4 heterocycles. The number of amides is 1. The molecule has 7 aromatic rings. The van der Waals surface area contributed by atoms with E-state index in [1.165, 1.54) is 24.3 Å². The van der Waals surface area contributed by atoms with Gasteiger partial charge in [-0.3, -0.25) is 28.5 Å². The topological polar surface area (TPSA) is 173 Å². The van der Waals surface area contributed by atoms with Crippen LogP contribution >= 0.6 is 11.6 Å². The molecule has 4 aromatic heterocycles. The number of hydrogen-bond donors (Lipinski definition) is 2. The van der Waals surface area contributed by atoms with E-state index in [9.17, 15) is 39.6 Å². The Hall–Kier alpha value is -6.42. The number of anilines is 1. The molecule has 1 amide bonds. The standard InChI is InChI=1S/C42H32ClF8N9O4S/c1-17-4-3-5-27(53-17)19-6-7-22-28(13-19)54-40(59(41(22)62)29-9-8-26(43)32-35(29)58(16-30(46)47)56-39(32)57-65(2,63)64)24(12-18-10-20(44)14-21(45)11-18)34(38(52)61)60-36-31(33(55-60)37(48)49)23-15-25(23)42(36,50)51/h3-11,13-14,23-25,30,34,37H,12,15-16H2,1-2H3,(H2,52,61)(H,56,57)/t23-,24-,25+,34?/m0/s1. The number of halogens is 9. The minimum absolute atomic E-state index is 0.128. The molecular weight excluding hydrogens is 914 g/mol. The third-order valence-corrected chi connectivity index (χ3v) is 12.4. The summed E-state index contributed by atoms with van der Waals surface area (Å²) in [4.78, 5) is 38.6. The van der Waals surface area contributed by atoms with Crippen molar-refractivity contribution in [3.05, 3.63) is 128 Å². The highest BCUT2D eigenvalue weighted by molar-refractivity contribution is 7.92. The van der Waals surface area contributed by atoms with Crippen LogP contribution in [0.5, 0.6) is 0 Å². The first-order valence-corrected chi connectivity index (χ1v) is 21.9. The molecule has 4 atom stereocenters. The first-order chi connectivity index (χ1) is 30.6. The van der Waals surface area contributed by atoms with Gasteiger partial charge in [0.2, 0.25) is 15.9 Å². The number of carbonyl (C=O) groups excluding carboxylic acids is 1. The Labute approximate surface area is 366 Å². The molecule has 9 rings (SSSR count). The molecule has 2 aliphatic rings. The summed E-state index contributed by atoms with van der Waals surface area (Å²) in [6, 6.07) is 11.6. The lowest BCUT2D eigenvalue weighted by atomic mass is 9.89. The molecule has 1 saturated carbocycles. The van der Waals surface area contributed by atoms with Gasteiger partial charge >= 0.3 is 0 Å². The van der Waals surface area contributed by atoms with Crippen LogP contribution in [0.15, 0.2) is 71.5 Å². The Morgan fingerprint density at radius 1 is 1.00 bits per heavy atom. The van der Waals surface area contributed by atoms with Gasteiger partial charge in [0.1, 0.15) is 41.4 Å². The number of carbonyl (C=O) groups is 1. The van der Waals surface area contributed by atoms with Gasteiger partial charge in [-0.1, -0.05) is 23.7 Å². The van der Waals surface area contributed by atoms with E-state index in [2.05, 4.69) is 19.9 Å². The van der Waals surface area contributed by atoms with Crippen LogP contribution in [-0.4, -0.2) is 61.1 Å². The number of aryl methyl sites for hydroxylation is 1. The Morgan fingerprint density at radius 2 is 1.72 bits per heavy atom. The number of pyridine rings is 1. The monoisotopic (exact) mass is 945 g/mol. The lowest BCUT2D eigenvalue weighted by Gasteiger charge is -2.30. The van der Waals surface area contributed by atoms with Crippen molar-refractivity contribution in [1.29, 1.82) is 0 Å². The quantitative estimate of drug-likeness (QED) is 0.109. The summed E-state index contributed by atoms with van der Waals surface area (Å²) in [5.74, 6) is -13.1. The van der Waals surface area contributed by atoms with Crippen LogP contribution in [0.2, 0.25) is 5.02 Å². The van der Waals surface area contributed by atoms with Crippen LogP contribution in [0.25, 0.3) is 38.8 Å². The Bertz CT molecular complexity index is 3290. The van der Waals surface area contributed by atoms with E-state index in [-0.39, 0.29) is 39.0 Å². The van der Waals surface area contributed by atoms with Crippen LogP contribution in [0.3, 0.4) is 0 Å². The average molecular weight is 946 g/mol. The number of nitrogens with zero attached hydrogens (tertiary/aromatic N) is 7. The SMILES string of the molecule is Cc1cccc(-c2ccc3c(=O)n(-c4ccc(Cl)c5c(NS(C)(=O)=O)nn(CC(F)F)c45)c([C@@H](Cc4cc(F)cc(F)c4)C(C(N)=O)n4nc(C(F)F)c5c4C(F)(F)[C@@H]4C[C@H]54)nc3c2)n1. The van der Waals surface area contributed by atoms with Crippen molar-refractivity contribution < 1.29 is 48.3 Å². The molecule has 0 saturated heterocycles. The van der Waals surface area contributed by atoms with E-state index in [1.807, 2.05) is 0 Å². The summed E-state index contributed by atoms with van der Waals surface area (Å²) in [7, 11) is -4.17. The number of fused-ring (bicyclic) bond motifs is 5. The highest BCUT2D eigenvalue weighted by atomic mass is 35.5. The molecule has 0 spiro atoms. The maximum absolute atomic E-state index is 16.3. The van der Waals surface area contributed by atoms with Gasteiger partial charge in [0.05, 0.1) is 50.4 Å². The smallest absolute Gasteiger partial charge is 0.293 e. The van der Waals surface area contributed by atoms with Gasteiger partial charge in [-0.05, 0) is 79.8 Å². The predicted molar refractivity (Wildman–Crippen MR) is 221 cm³/mol. The van der Waals surface area contributed by atoms with Crippen LogP contribution in [0, 0.1) is 24.5 Å². The third kappa shape index (κ3) is 7.64. The molecule has 2 aliphatic carbocycles. The lowest BCUT2D eigenvalue weighted by molar-refractivity contribution is -0.122. The molecule has 0 aliphatic heterocycles. The van der Waals surface area contributed by atoms with Crippen molar-refractivity contribution in [2.75, 3.05) is 11.0 Å². The van der Waals surface area contributed by atoms with Crippen molar-refractivity contribution in [1.82, 2.24) is 34.1 Å². The van der Waals surface area contributed by atoms with E-state index < -0.39 is 123 Å². The van der Waals surface area contributed by atoms with Crippen molar-refractivity contribution in [3.8, 4) is 16.9 Å². The summed E-state index contributed by atoms with van der Waals surface area (Å²) in [5.41, 5.74) is 2.72. The van der Waals surface area contributed by atoms with Crippen LogP contribution in [-0.2, 0) is 33.7 Å². The fourth-order valence-electron chi connectivity index (χ4n) is 8.93. The normalized spacial score (nSPS) is 17.5. The fourth-order valence-corrected chi connectivity index (χ4v) is 9.67. The summed E-state index contributed by atoms with van der Waals surface area (Å²) >= 11 is 6.60. The molecule has 0 bridgehead atoms. The van der Waals surface area contributed by atoms with Crippen molar-refractivity contribution >= 4 is 55.2 Å². The Morgan fingerprint density at radius 3 is 2.37 bits per heavy atom. The molecule has 0 radical (unpaired) electrons. The zero-order valence-electron chi connectivity index (χ0n) is 33.6. The van der Waals surface area contributed by atoms with E-state index in [1.54, 1.807) is 25.1 Å². The molecule has 3 aromatic carbocycles. The number of nitrogens with two attached hydrogens (primary N) is 1. The van der Waals surface area contributed by atoms with E-state index in [0.717, 1.165) is 29.0 Å². The van der Waals surface area contributed by atoms with Gasteiger partial charge in [0.15, 0.2) is 5.82 Å². The summed E-state index contributed by atoms with van der Waals surface area (Å²) in [6.45, 7) is 0.515. The molecule has 1 fully saturated rings. The number of rotatable bonds is 13. The van der Waals surface area contributed by atoms with Gasteiger partial charge in [-0.15, -0.1) is 0 Å².